The zero-order valence-electron chi connectivity index (χ0n) is 16.9. The quantitative estimate of drug-likeness (QED) is 0.615. The number of aromatic nitrogens is 2. The molecule has 2 heterocycles. The first-order valence-corrected chi connectivity index (χ1v) is 10.9. The minimum absolute atomic E-state index is 0.126. The number of nitrogens with one attached hydrogen (secondary N) is 2. The van der Waals surface area contributed by atoms with Crippen molar-refractivity contribution in [2.24, 2.45) is 0 Å². The lowest BCUT2D eigenvalue weighted by atomic mass is 10.2. The Hall–Kier alpha value is -2.43. The summed E-state index contributed by atoms with van der Waals surface area (Å²) in [5, 5.41) is 3.09. The van der Waals surface area contributed by atoms with Gasteiger partial charge in [0.1, 0.15) is 16.5 Å². The predicted octanol–water partition coefficient (Wildman–Crippen LogP) is 1.33. The summed E-state index contributed by atoms with van der Waals surface area (Å²) in [7, 11) is -2.24. The van der Waals surface area contributed by atoms with E-state index in [1.54, 1.807) is 18.2 Å². The minimum Gasteiger partial charge on any atom is -0.495 e. The SMILES string of the molecule is COc1ccc(C)cc1S(=O)(=O)NCCNc1nc(C)cc(N2CCOCC2)n1. The van der Waals surface area contributed by atoms with Gasteiger partial charge in [-0.1, -0.05) is 6.07 Å². The molecule has 1 aromatic carbocycles. The Bertz CT molecular complexity index is 946. The van der Waals surface area contributed by atoms with Crippen molar-refractivity contribution in [1.82, 2.24) is 14.7 Å². The van der Waals surface area contributed by atoms with Crippen molar-refractivity contribution in [1.29, 1.82) is 0 Å². The number of hydrogen-bond acceptors (Lipinski definition) is 8. The van der Waals surface area contributed by atoms with E-state index in [0.717, 1.165) is 30.2 Å². The number of benzene rings is 1. The zero-order chi connectivity index (χ0) is 20.9. The average Bonchev–Trinajstić information content (AvgIpc) is 2.71. The van der Waals surface area contributed by atoms with Crippen molar-refractivity contribution in [3.63, 3.8) is 0 Å². The van der Waals surface area contributed by atoms with Crippen molar-refractivity contribution in [2.45, 2.75) is 18.7 Å². The molecule has 1 aliphatic heterocycles. The summed E-state index contributed by atoms with van der Waals surface area (Å²) in [6.45, 7) is 7.20. The Morgan fingerprint density at radius 2 is 1.90 bits per heavy atom. The van der Waals surface area contributed by atoms with E-state index in [1.165, 1.54) is 7.11 Å². The van der Waals surface area contributed by atoms with Crippen LogP contribution in [0.3, 0.4) is 0 Å². The van der Waals surface area contributed by atoms with Crippen LogP contribution in [-0.4, -0.2) is 64.9 Å². The summed E-state index contributed by atoms with van der Waals surface area (Å²) in [6, 6.07) is 6.98. The number of sulfonamides is 1. The Morgan fingerprint density at radius 1 is 1.14 bits per heavy atom. The first-order valence-electron chi connectivity index (χ1n) is 9.45. The van der Waals surface area contributed by atoms with E-state index in [9.17, 15) is 8.42 Å². The Balaban J connectivity index is 1.60. The third kappa shape index (κ3) is 5.55. The van der Waals surface area contributed by atoms with Gasteiger partial charge in [0.15, 0.2) is 0 Å². The molecule has 0 spiro atoms. The molecule has 0 saturated carbocycles. The van der Waals surface area contributed by atoms with Gasteiger partial charge in [0.25, 0.3) is 0 Å². The summed E-state index contributed by atoms with van der Waals surface area (Å²) in [6.07, 6.45) is 0. The van der Waals surface area contributed by atoms with Crippen LogP contribution in [0, 0.1) is 13.8 Å². The molecule has 0 unspecified atom stereocenters. The van der Waals surface area contributed by atoms with E-state index in [2.05, 4.69) is 24.9 Å². The van der Waals surface area contributed by atoms with Gasteiger partial charge in [0, 0.05) is 37.9 Å². The van der Waals surface area contributed by atoms with Crippen molar-refractivity contribution < 1.29 is 17.9 Å². The molecule has 0 bridgehead atoms. The van der Waals surface area contributed by atoms with Crippen molar-refractivity contribution >= 4 is 21.8 Å². The van der Waals surface area contributed by atoms with Gasteiger partial charge in [0.2, 0.25) is 16.0 Å². The second kappa shape index (κ2) is 9.38. The molecule has 0 aliphatic carbocycles. The van der Waals surface area contributed by atoms with Gasteiger partial charge in [-0.25, -0.2) is 18.1 Å². The Morgan fingerprint density at radius 3 is 2.62 bits per heavy atom. The molecule has 1 aromatic heterocycles. The van der Waals surface area contributed by atoms with Gasteiger partial charge in [-0.15, -0.1) is 0 Å². The van der Waals surface area contributed by atoms with Crippen LogP contribution >= 0.6 is 0 Å². The predicted molar refractivity (Wildman–Crippen MR) is 111 cm³/mol. The molecular weight excluding hydrogens is 394 g/mol. The van der Waals surface area contributed by atoms with Crippen molar-refractivity contribution in [3.05, 3.63) is 35.5 Å². The summed E-state index contributed by atoms with van der Waals surface area (Å²) in [5.74, 6) is 1.63. The number of rotatable bonds is 8. The molecule has 1 fully saturated rings. The molecule has 2 aromatic rings. The molecule has 1 saturated heterocycles. The van der Waals surface area contributed by atoms with Gasteiger partial charge in [-0.2, -0.15) is 4.98 Å². The van der Waals surface area contributed by atoms with E-state index < -0.39 is 10.0 Å². The number of morpholine rings is 1. The highest BCUT2D eigenvalue weighted by molar-refractivity contribution is 7.89. The standard InChI is InChI=1S/C19H27N5O4S/c1-14-4-5-16(27-3)17(12-14)29(25,26)21-7-6-20-19-22-15(2)13-18(23-19)24-8-10-28-11-9-24/h4-5,12-13,21H,6-11H2,1-3H3,(H,20,22,23). The molecule has 0 amide bonds. The van der Waals surface area contributed by atoms with Gasteiger partial charge >= 0.3 is 0 Å². The zero-order valence-corrected chi connectivity index (χ0v) is 17.8. The first kappa shape index (κ1) is 21.3. The van der Waals surface area contributed by atoms with E-state index in [-0.39, 0.29) is 11.4 Å². The average molecular weight is 422 g/mol. The molecular formula is C19H27N5O4S. The number of aryl methyl sites for hydroxylation is 2. The van der Waals surface area contributed by atoms with Crippen LogP contribution in [0.1, 0.15) is 11.3 Å². The smallest absolute Gasteiger partial charge is 0.244 e. The molecule has 9 nitrogen and oxygen atoms in total. The van der Waals surface area contributed by atoms with Crippen LogP contribution in [-0.2, 0) is 14.8 Å². The summed E-state index contributed by atoms with van der Waals surface area (Å²) in [5.41, 5.74) is 1.68. The number of anilines is 2. The van der Waals surface area contributed by atoms with Crippen LogP contribution in [0.5, 0.6) is 5.75 Å². The van der Waals surface area contributed by atoms with Gasteiger partial charge < -0.3 is 19.7 Å². The molecule has 0 radical (unpaired) electrons. The number of nitrogens with zero attached hydrogens (tertiary/aromatic N) is 3. The van der Waals surface area contributed by atoms with E-state index in [0.29, 0.717) is 31.5 Å². The van der Waals surface area contributed by atoms with Crippen LogP contribution in [0.25, 0.3) is 0 Å². The van der Waals surface area contributed by atoms with E-state index in [1.807, 2.05) is 19.9 Å². The maximum Gasteiger partial charge on any atom is 0.244 e. The number of hydrogen-bond donors (Lipinski definition) is 2. The van der Waals surface area contributed by atoms with Crippen LogP contribution in [0.15, 0.2) is 29.2 Å². The summed E-state index contributed by atoms with van der Waals surface area (Å²) in [4.78, 5) is 11.2. The third-order valence-corrected chi connectivity index (χ3v) is 5.97. The molecule has 3 rings (SSSR count). The third-order valence-electron chi connectivity index (χ3n) is 4.48. The lowest BCUT2D eigenvalue weighted by Crippen LogP contribution is -2.37. The molecule has 2 N–H and O–H groups in total. The van der Waals surface area contributed by atoms with E-state index in [4.69, 9.17) is 9.47 Å². The topological polar surface area (TPSA) is 106 Å². The summed E-state index contributed by atoms with van der Waals surface area (Å²) < 4.78 is 38.4. The van der Waals surface area contributed by atoms with Crippen molar-refractivity contribution in [2.75, 3.05) is 56.7 Å². The maximum atomic E-state index is 12.6. The lowest BCUT2D eigenvalue weighted by Gasteiger charge is -2.28. The van der Waals surface area contributed by atoms with Gasteiger partial charge in [-0.05, 0) is 31.5 Å². The fraction of sp³-hybridized carbons (Fsp3) is 0.474. The van der Waals surface area contributed by atoms with E-state index >= 15 is 0 Å². The second-order valence-corrected chi connectivity index (χ2v) is 8.50. The molecule has 29 heavy (non-hydrogen) atoms. The molecule has 158 valence electrons. The largest absolute Gasteiger partial charge is 0.495 e. The first-order chi connectivity index (χ1) is 13.9. The van der Waals surface area contributed by atoms with Crippen LogP contribution in [0.4, 0.5) is 11.8 Å². The fourth-order valence-electron chi connectivity index (χ4n) is 3.02. The molecule has 10 heteroatoms. The normalized spacial score (nSPS) is 14.7. The van der Waals surface area contributed by atoms with Crippen LogP contribution < -0.4 is 19.7 Å². The van der Waals surface area contributed by atoms with Crippen molar-refractivity contribution in [3.8, 4) is 5.75 Å². The highest BCUT2D eigenvalue weighted by atomic mass is 32.2. The monoisotopic (exact) mass is 421 g/mol. The van der Waals surface area contributed by atoms with Crippen LogP contribution in [0.2, 0.25) is 0 Å². The number of methoxy groups -OCH3 is 1. The fourth-order valence-corrected chi connectivity index (χ4v) is 4.30. The molecule has 0 atom stereocenters. The summed E-state index contributed by atoms with van der Waals surface area (Å²) >= 11 is 0. The lowest BCUT2D eigenvalue weighted by molar-refractivity contribution is 0.122. The maximum absolute atomic E-state index is 12.6. The highest BCUT2D eigenvalue weighted by Crippen LogP contribution is 2.24. The number of ether oxygens (including phenoxy) is 2. The van der Waals surface area contributed by atoms with Gasteiger partial charge in [-0.3, -0.25) is 0 Å². The highest BCUT2D eigenvalue weighted by Gasteiger charge is 2.19. The molecule has 1 aliphatic rings. The Kier molecular flexibility index (Phi) is 6.88. The second-order valence-electron chi connectivity index (χ2n) is 6.77. The Labute approximate surface area is 171 Å². The minimum atomic E-state index is -3.69. The van der Waals surface area contributed by atoms with Gasteiger partial charge in [0.05, 0.1) is 20.3 Å².